The summed E-state index contributed by atoms with van der Waals surface area (Å²) in [6, 6.07) is 0.147. The molecule has 0 aliphatic carbocycles. The third kappa shape index (κ3) is 2.29. The van der Waals surface area contributed by atoms with Crippen molar-refractivity contribution >= 4 is 12.0 Å². The van der Waals surface area contributed by atoms with Crippen molar-refractivity contribution in [3.63, 3.8) is 0 Å². The summed E-state index contributed by atoms with van der Waals surface area (Å²) in [7, 11) is 0. The van der Waals surface area contributed by atoms with Crippen LogP contribution >= 0.6 is 0 Å². The standard InChI is InChI=1S/C12H15N5O3/c18-11(19)9-4-13-7-15-10(9)6-16-1-2-17-8(5-16)3-14-12(17)20/h4,7-8H,1-3,5-6H2,(H,14,20)(H,18,19). The van der Waals surface area contributed by atoms with Crippen molar-refractivity contribution in [1.29, 1.82) is 0 Å². The van der Waals surface area contributed by atoms with E-state index in [1.165, 1.54) is 12.5 Å². The molecule has 20 heavy (non-hydrogen) atoms. The van der Waals surface area contributed by atoms with Crippen molar-refractivity contribution in [1.82, 2.24) is 25.1 Å². The van der Waals surface area contributed by atoms with Crippen molar-refractivity contribution < 1.29 is 14.7 Å². The minimum Gasteiger partial charge on any atom is -0.478 e. The first-order valence-electron chi connectivity index (χ1n) is 6.44. The number of carbonyl (C=O) groups excluding carboxylic acids is 1. The molecular formula is C12H15N5O3. The lowest BCUT2D eigenvalue weighted by atomic mass is 10.1. The Labute approximate surface area is 115 Å². The number of hydrogen-bond acceptors (Lipinski definition) is 5. The molecule has 3 rings (SSSR count). The molecule has 1 unspecified atom stereocenters. The lowest BCUT2D eigenvalue weighted by Crippen LogP contribution is -2.51. The molecule has 1 atom stereocenters. The third-order valence-corrected chi connectivity index (χ3v) is 3.72. The van der Waals surface area contributed by atoms with Gasteiger partial charge in [-0.3, -0.25) is 4.90 Å². The number of nitrogens with one attached hydrogen (secondary N) is 1. The van der Waals surface area contributed by atoms with Gasteiger partial charge in [0, 0.05) is 38.9 Å². The summed E-state index contributed by atoms with van der Waals surface area (Å²) in [6.07, 6.45) is 2.68. The normalized spacial score (nSPS) is 22.5. The van der Waals surface area contributed by atoms with E-state index in [-0.39, 0.29) is 17.6 Å². The fraction of sp³-hybridized carbons (Fsp3) is 0.500. The Balaban J connectivity index is 1.70. The molecule has 8 nitrogen and oxygen atoms in total. The first-order chi connectivity index (χ1) is 9.65. The average Bonchev–Trinajstić information content (AvgIpc) is 2.80. The summed E-state index contributed by atoms with van der Waals surface area (Å²) in [5, 5.41) is 11.9. The number of nitrogens with zero attached hydrogens (tertiary/aromatic N) is 4. The van der Waals surface area contributed by atoms with Gasteiger partial charge in [0.05, 0.1) is 11.7 Å². The molecule has 2 aliphatic rings. The summed E-state index contributed by atoms with van der Waals surface area (Å²) in [4.78, 5) is 34.4. The van der Waals surface area contributed by atoms with E-state index in [2.05, 4.69) is 20.2 Å². The maximum atomic E-state index is 11.5. The highest BCUT2D eigenvalue weighted by atomic mass is 16.4. The molecule has 2 fully saturated rings. The number of carbonyl (C=O) groups is 2. The van der Waals surface area contributed by atoms with Gasteiger partial charge in [-0.05, 0) is 0 Å². The number of rotatable bonds is 3. The van der Waals surface area contributed by atoms with Crippen molar-refractivity contribution in [2.75, 3.05) is 26.2 Å². The van der Waals surface area contributed by atoms with Crippen molar-refractivity contribution in [2.24, 2.45) is 0 Å². The molecule has 2 N–H and O–H groups in total. The molecule has 1 aromatic rings. The van der Waals surface area contributed by atoms with Gasteiger partial charge in [-0.2, -0.15) is 0 Å². The molecule has 0 radical (unpaired) electrons. The van der Waals surface area contributed by atoms with Gasteiger partial charge in [-0.15, -0.1) is 0 Å². The topological polar surface area (TPSA) is 98.7 Å². The van der Waals surface area contributed by atoms with Crippen molar-refractivity contribution in [3.8, 4) is 0 Å². The Kier molecular flexibility index (Phi) is 3.23. The summed E-state index contributed by atoms with van der Waals surface area (Å²) in [5.74, 6) is -1.02. The van der Waals surface area contributed by atoms with E-state index in [0.29, 0.717) is 31.9 Å². The number of amides is 2. The first kappa shape index (κ1) is 12.8. The molecule has 0 bridgehead atoms. The van der Waals surface area contributed by atoms with E-state index >= 15 is 0 Å². The van der Waals surface area contributed by atoms with Crippen molar-refractivity contribution in [2.45, 2.75) is 12.6 Å². The van der Waals surface area contributed by atoms with Crippen LogP contribution in [-0.2, 0) is 6.54 Å². The van der Waals surface area contributed by atoms with Crippen LogP contribution in [0.3, 0.4) is 0 Å². The van der Waals surface area contributed by atoms with Gasteiger partial charge in [0.15, 0.2) is 0 Å². The third-order valence-electron chi connectivity index (χ3n) is 3.72. The fourth-order valence-corrected chi connectivity index (χ4v) is 2.68. The van der Waals surface area contributed by atoms with Crippen LogP contribution in [0.15, 0.2) is 12.5 Å². The second-order valence-electron chi connectivity index (χ2n) is 4.96. The number of hydrogen-bond donors (Lipinski definition) is 2. The maximum Gasteiger partial charge on any atom is 0.339 e. The molecule has 2 aliphatic heterocycles. The highest BCUT2D eigenvalue weighted by molar-refractivity contribution is 5.88. The maximum absolute atomic E-state index is 11.5. The smallest absolute Gasteiger partial charge is 0.339 e. The fourth-order valence-electron chi connectivity index (χ4n) is 2.68. The number of piperazine rings is 1. The second kappa shape index (κ2) is 5.04. The Bertz CT molecular complexity index is 550. The molecule has 8 heteroatoms. The Morgan fingerprint density at radius 3 is 3.15 bits per heavy atom. The van der Waals surface area contributed by atoms with Gasteiger partial charge in [-0.25, -0.2) is 19.6 Å². The van der Waals surface area contributed by atoms with E-state index in [9.17, 15) is 9.59 Å². The van der Waals surface area contributed by atoms with Crippen LogP contribution in [0, 0.1) is 0 Å². The van der Waals surface area contributed by atoms with Crippen LogP contribution in [0.2, 0.25) is 0 Å². The van der Waals surface area contributed by atoms with Crippen LogP contribution in [0.5, 0.6) is 0 Å². The van der Waals surface area contributed by atoms with Gasteiger partial charge in [0.25, 0.3) is 0 Å². The molecule has 106 valence electrons. The van der Waals surface area contributed by atoms with Crippen LogP contribution in [0.4, 0.5) is 4.79 Å². The zero-order valence-electron chi connectivity index (χ0n) is 10.8. The summed E-state index contributed by atoms with van der Waals surface area (Å²) in [6.45, 7) is 3.20. The minimum atomic E-state index is -1.02. The lowest BCUT2D eigenvalue weighted by Gasteiger charge is -2.36. The highest BCUT2D eigenvalue weighted by Crippen LogP contribution is 2.16. The van der Waals surface area contributed by atoms with E-state index in [1.54, 1.807) is 0 Å². The van der Waals surface area contributed by atoms with Gasteiger partial charge < -0.3 is 15.3 Å². The van der Waals surface area contributed by atoms with Crippen molar-refractivity contribution in [3.05, 3.63) is 23.8 Å². The predicted molar refractivity (Wildman–Crippen MR) is 68.2 cm³/mol. The summed E-state index contributed by atoms with van der Waals surface area (Å²) < 4.78 is 0. The molecule has 0 saturated carbocycles. The average molecular weight is 277 g/mol. The van der Waals surface area contributed by atoms with Crippen LogP contribution in [0.25, 0.3) is 0 Å². The summed E-state index contributed by atoms with van der Waals surface area (Å²) in [5.41, 5.74) is 0.647. The number of aromatic carboxylic acids is 1. The molecule has 3 heterocycles. The molecule has 0 spiro atoms. The van der Waals surface area contributed by atoms with Crippen LogP contribution in [-0.4, -0.2) is 69.1 Å². The molecule has 0 aromatic carbocycles. The Morgan fingerprint density at radius 1 is 1.50 bits per heavy atom. The molecular weight excluding hydrogens is 262 g/mol. The van der Waals surface area contributed by atoms with E-state index in [0.717, 1.165) is 6.54 Å². The zero-order chi connectivity index (χ0) is 14.1. The number of carboxylic acids is 1. The van der Waals surface area contributed by atoms with E-state index in [1.807, 2.05) is 4.90 Å². The number of urea groups is 1. The molecule has 2 amide bonds. The minimum absolute atomic E-state index is 0.0112. The van der Waals surface area contributed by atoms with E-state index < -0.39 is 5.97 Å². The van der Waals surface area contributed by atoms with Gasteiger partial charge in [-0.1, -0.05) is 0 Å². The molecule has 2 saturated heterocycles. The first-order valence-corrected chi connectivity index (χ1v) is 6.44. The van der Waals surface area contributed by atoms with Gasteiger partial charge in [0.1, 0.15) is 11.9 Å². The number of carboxylic acid groups (broad SMARTS) is 1. The predicted octanol–water partition coefficient (Wildman–Crippen LogP) is -0.616. The Morgan fingerprint density at radius 2 is 2.35 bits per heavy atom. The molecule has 1 aromatic heterocycles. The SMILES string of the molecule is O=C(O)c1cncnc1CN1CCN2C(=O)NCC2C1. The van der Waals surface area contributed by atoms with Crippen LogP contribution < -0.4 is 5.32 Å². The quantitative estimate of drug-likeness (QED) is 0.764. The van der Waals surface area contributed by atoms with E-state index in [4.69, 9.17) is 5.11 Å². The highest BCUT2D eigenvalue weighted by Gasteiger charge is 2.35. The van der Waals surface area contributed by atoms with Gasteiger partial charge >= 0.3 is 12.0 Å². The number of aromatic nitrogens is 2. The number of fused-ring (bicyclic) bond motifs is 1. The summed E-state index contributed by atoms with van der Waals surface area (Å²) >= 11 is 0. The zero-order valence-corrected chi connectivity index (χ0v) is 10.8. The Hall–Kier alpha value is -2.22. The van der Waals surface area contributed by atoms with Crippen LogP contribution in [0.1, 0.15) is 16.1 Å². The van der Waals surface area contributed by atoms with Gasteiger partial charge in [0.2, 0.25) is 0 Å². The lowest BCUT2D eigenvalue weighted by molar-refractivity contribution is 0.0691. The second-order valence-corrected chi connectivity index (χ2v) is 4.96. The largest absolute Gasteiger partial charge is 0.478 e. The monoisotopic (exact) mass is 277 g/mol.